The summed E-state index contributed by atoms with van der Waals surface area (Å²) in [7, 11) is -3.02. The monoisotopic (exact) mass is 262 g/mol. The van der Waals surface area contributed by atoms with E-state index in [0.717, 1.165) is 38.3 Å². The zero-order valence-corrected chi connectivity index (χ0v) is 11.7. The van der Waals surface area contributed by atoms with Crippen LogP contribution in [0.2, 0.25) is 0 Å². The normalized spacial score (nSPS) is 16.3. The van der Waals surface area contributed by atoms with E-state index in [9.17, 15) is 8.42 Å². The van der Waals surface area contributed by atoms with Crippen molar-refractivity contribution in [2.75, 3.05) is 25.4 Å². The van der Waals surface area contributed by atoms with Gasteiger partial charge in [0.15, 0.2) is 0 Å². The maximum absolute atomic E-state index is 11.6. The van der Waals surface area contributed by atoms with E-state index < -0.39 is 10.0 Å². The van der Waals surface area contributed by atoms with Gasteiger partial charge in [0.1, 0.15) is 0 Å². The summed E-state index contributed by atoms with van der Waals surface area (Å²) in [5, 5.41) is 3.19. The lowest BCUT2D eigenvalue weighted by atomic mass is 10.2. The maximum atomic E-state index is 11.6. The van der Waals surface area contributed by atoms with Crippen LogP contribution in [0.3, 0.4) is 0 Å². The van der Waals surface area contributed by atoms with Gasteiger partial charge in [-0.2, -0.15) is 0 Å². The fraction of sp³-hybridized carbons (Fsp3) is 1.00. The number of sulfonamides is 1. The van der Waals surface area contributed by atoms with Gasteiger partial charge in [-0.1, -0.05) is 19.8 Å². The second kappa shape index (κ2) is 8.06. The first kappa shape index (κ1) is 14.9. The van der Waals surface area contributed by atoms with Crippen LogP contribution >= 0.6 is 0 Å². The summed E-state index contributed by atoms with van der Waals surface area (Å²) in [6, 6.07) is 0. The summed E-state index contributed by atoms with van der Waals surface area (Å²) >= 11 is 0. The fourth-order valence-electron chi connectivity index (χ4n) is 1.82. The molecule has 0 heterocycles. The predicted octanol–water partition coefficient (Wildman–Crippen LogP) is 1.49. The highest BCUT2D eigenvalue weighted by molar-refractivity contribution is 7.89. The molecule has 0 aromatic rings. The van der Waals surface area contributed by atoms with Gasteiger partial charge in [0.25, 0.3) is 0 Å². The van der Waals surface area contributed by atoms with Gasteiger partial charge in [0.2, 0.25) is 10.0 Å². The molecule has 0 aromatic carbocycles. The second-order valence-corrected chi connectivity index (χ2v) is 6.79. The average Bonchev–Trinajstić information content (AvgIpc) is 3.08. The van der Waals surface area contributed by atoms with E-state index in [1.165, 1.54) is 19.3 Å². The molecular weight excluding hydrogens is 236 g/mol. The highest BCUT2D eigenvalue weighted by Gasteiger charge is 2.20. The third kappa shape index (κ3) is 8.57. The van der Waals surface area contributed by atoms with Crippen LogP contribution in [0.5, 0.6) is 0 Å². The van der Waals surface area contributed by atoms with Gasteiger partial charge in [0, 0.05) is 6.54 Å². The van der Waals surface area contributed by atoms with Gasteiger partial charge in [-0.25, -0.2) is 13.1 Å². The Labute approximate surface area is 106 Å². The van der Waals surface area contributed by atoms with Crippen LogP contribution in [0.25, 0.3) is 0 Å². The van der Waals surface area contributed by atoms with E-state index >= 15 is 0 Å². The highest BCUT2D eigenvalue weighted by atomic mass is 32.2. The van der Waals surface area contributed by atoms with Crippen molar-refractivity contribution in [3.05, 3.63) is 0 Å². The molecule has 1 saturated carbocycles. The van der Waals surface area contributed by atoms with Gasteiger partial charge >= 0.3 is 0 Å². The molecule has 17 heavy (non-hydrogen) atoms. The first-order valence-corrected chi connectivity index (χ1v) is 8.47. The molecule has 4 nitrogen and oxygen atoms in total. The lowest BCUT2D eigenvalue weighted by molar-refractivity contribution is 0.566. The molecule has 0 unspecified atom stereocenters. The summed E-state index contributed by atoms with van der Waals surface area (Å²) in [5.41, 5.74) is 0. The summed E-state index contributed by atoms with van der Waals surface area (Å²) in [6.07, 6.45) is 6.53. The molecule has 0 spiro atoms. The van der Waals surface area contributed by atoms with E-state index in [-0.39, 0.29) is 5.75 Å². The van der Waals surface area contributed by atoms with Crippen LogP contribution in [-0.2, 0) is 10.0 Å². The van der Waals surface area contributed by atoms with E-state index in [0.29, 0.717) is 6.54 Å². The first-order chi connectivity index (χ1) is 8.14. The van der Waals surface area contributed by atoms with E-state index in [1.54, 1.807) is 0 Å². The van der Waals surface area contributed by atoms with Crippen LogP contribution in [-0.4, -0.2) is 33.8 Å². The summed E-state index contributed by atoms with van der Waals surface area (Å²) < 4.78 is 25.9. The van der Waals surface area contributed by atoms with Crippen molar-refractivity contribution >= 4 is 10.0 Å². The molecule has 0 bridgehead atoms. The Bertz CT molecular complexity index is 287. The predicted molar refractivity (Wildman–Crippen MR) is 71.5 cm³/mol. The van der Waals surface area contributed by atoms with Crippen LogP contribution in [0.15, 0.2) is 0 Å². The SMILES string of the molecule is CCNCCCCS(=O)(=O)NCCCC1CC1. The Morgan fingerprint density at radius 2 is 1.88 bits per heavy atom. The third-order valence-corrected chi connectivity index (χ3v) is 4.54. The minimum absolute atomic E-state index is 0.266. The quantitative estimate of drug-likeness (QED) is 0.555. The molecule has 1 fully saturated rings. The smallest absolute Gasteiger partial charge is 0.211 e. The molecule has 5 heteroatoms. The third-order valence-electron chi connectivity index (χ3n) is 3.07. The zero-order valence-electron chi connectivity index (χ0n) is 10.9. The minimum Gasteiger partial charge on any atom is -0.317 e. The average molecular weight is 262 g/mol. The molecule has 0 amide bonds. The molecule has 1 aliphatic carbocycles. The molecule has 0 aliphatic heterocycles. The van der Waals surface area contributed by atoms with Crippen molar-refractivity contribution < 1.29 is 8.42 Å². The largest absolute Gasteiger partial charge is 0.317 e. The Morgan fingerprint density at radius 1 is 1.12 bits per heavy atom. The molecule has 1 aliphatic rings. The fourth-order valence-corrected chi connectivity index (χ4v) is 3.00. The van der Waals surface area contributed by atoms with Crippen LogP contribution in [0.4, 0.5) is 0 Å². The summed E-state index contributed by atoms with van der Waals surface area (Å²) in [5.74, 6) is 1.15. The topological polar surface area (TPSA) is 58.2 Å². The Hall–Kier alpha value is -0.130. The van der Waals surface area contributed by atoms with Gasteiger partial charge < -0.3 is 5.32 Å². The summed E-state index contributed by atoms with van der Waals surface area (Å²) in [4.78, 5) is 0. The van der Waals surface area contributed by atoms with Crippen LogP contribution < -0.4 is 10.0 Å². The minimum atomic E-state index is -3.02. The van der Waals surface area contributed by atoms with Crippen molar-refractivity contribution in [2.24, 2.45) is 5.92 Å². The molecule has 0 radical (unpaired) electrons. The van der Waals surface area contributed by atoms with E-state index in [2.05, 4.69) is 17.0 Å². The molecule has 0 saturated heterocycles. The molecule has 2 N–H and O–H groups in total. The Morgan fingerprint density at radius 3 is 2.53 bits per heavy atom. The van der Waals surface area contributed by atoms with Gasteiger partial charge in [-0.15, -0.1) is 0 Å². The van der Waals surface area contributed by atoms with Crippen molar-refractivity contribution in [3.8, 4) is 0 Å². The second-order valence-electron chi connectivity index (χ2n) is 4.86. The lowest BCUT2D eigenvalue weighted by Gasteiger charge is -2.06. The number of nitrogens with one attached hydrogen (secondary N) is 2. The van der Waals surface area contributed by atoms with Crippen LogP contribution in [0, 0.1) is 5.92 Å². The number of hydrogen-bond acceptors (Lipinski definition) is 3. The van der Waals surface area contributed by atoms with Crippen molar-refractivity contribution in [3.63, 3.8) is 0 Å². The standard InChI is InChI=1S/C12H26N2O2S/c1-2-13-9-3-4-11-17(15,16)14-10-5-6-12-7-8-12/h12-14H,2-11H2,1H3. The molecule has 0 atom stereocenters. The van der Waals surface area contributed by atoms with Gasteiger partial charge in [-0.3, -0.25) is 0 Å². The first-order valence-electron chi connectivity index (χ1n) is 6.82. The van der Waals surface area contributed by atoms with Crippen molar-refractivity contribution in [1.29, 1.82) is 0 Å². The number of unbranched alkanes of at least 4 members (excludes halogenated alkanes) is 1. The molecular formula is C12H26N2O2S. The van der Waals surface area contributed by atoms with Gasteiger partial charge in [0.05, 0.1) is 5.75 Å². The maximum Gasteiger partial charge on any atom is 0.211 e. The van der Waals surface area contributed by atoms with Crippen LogP contribution in [0.1, 0.15) is 45.4 Å². The Balaban J connectivity index is 1.95. The molecule has 0 aromatic heterocycles. The van der Waals surface area contributed by atoms with Crippen molar-refractivity contribution in [1.82, 2.24) is 10.0 Å². The van der Waals surface area contributed by atoms with Crippen molar-refractivity contribution in [2.45, 2.75) is 45.4 Å². The molecule has 1 rings (SSSR count). The lowest BCUT2D eigenvalue weighted by Crippen LogP contribution is -2.28. The van der Waals surface area contributed by atoms with E-state index in [4.69, 9.17) is 0 Å². The molecule has 102 valence electrons. The number of rotatable bonds is 11. The number of hydrogen-bond donors (Lipinski definition) is 2. The highest BCUT2D eigenvalue weighted by Crippen LogP contribution is 2.33. The summed E-state index contributed by atoms with van der Waals surface area (Å²) in [6.45, 7) is 4.53. The van der Waals surface area contributed by atoms with E-state index in [1.807, 2.05) is 0 Å². The van der Waals surface area contributed by atoms with Gasteiger partial charge in [-0.05, 0) is 44.7 Å². The zero-order chi connectivity index (χ0) is 12.6. The Kier molecular flexibility index (Phi) is 7.08.